The van der Waals surface area contributed by atoms with Gasteiger partial charge < -0.3 is 14.5 Å². The van der Waals surface area contributed by atoms with Crippen LogP contribution in [-0.2, 0) is 0 Å². The van der Waals surface area contributed by atoms with E-state index in [-0.39, 0.29) is 5.54 Å². The molecular weight excluding hydrogens is 825 g/mol. The molecule has 10 aromatic carbocycles. The van der Waals surface area contributed by atoms with E-state index in [2.05, 4.69) is 278 Å². The molecule has 12 rings (SSSR count). The zero-order valence-electron chi connectivity index (χ0n) is 37.8. The molecule has 0 aromatic heterocycles. The molecule has 324 valence electrons. The summed E-state index contributed by atoms with van der Waals surface area (Å²) in [5.41, 5.74) is 16.7. The van der Waals surface area contributed by atoms with Crippen molar-refractivity contribution in [3.05, 3.63) is 261 Å². The van der Waals surface area contributed by atoms with Gasteiger partial charge >= 0.3 is 0 Å². The van der Waals surface area contributed by atoms with Crippen LogP contribution in [0.2, 0.25) is 0 Å². The Morgan fingerprint density at radius 2 is 0.882 bits per heavy atom. The van der Waals surface area contributed by atoms with E-state index in [1.165, 1.54) is 22.3 Å². The zero-order chi connectivity index (χ0) is 45.4. The van der Waals surface area contributed by atoms with Gasteiger partial charge in [-0.25, -0.2) is 0 Å². The number of rotatable bonds is 10. The minimum atomic E-state index is -0.249. The van der Waals surface area contributed by atoms with Crippen LogP contribution >= 0.6 is 0 Å². The van der Waals surface area contributed by atoms with E-state index in [0.29, 0.717) is 0 Å². The molecule has 0 amide bonds. The second-order valence-corrected chi connectivity index (χ2v) is 17.9. The number of allylic oxidation sites excluding steroid dienone is 2. The summed E-state index contributed by atoms with van der Waals surface area (Å²) in [6, 6.07) is 85.3. The van der Waals surface area contributed by atoms with Crippen LogP contribution in [0.15, 0.2) is 261 Å². The van der Waals surface area contributed by atoms with Crippen molar-refractivity contribution in [1.29, 1.82) is 0 Å². The summed E-state index contributed by atoms with van der Waals surface area (Å²) in [7, 11) is 0. The summed E-state index contributed by atoms with van der Waals surface area (Å²) >= 11 is 0. The highest BCUT2D eigenvalue weighted by Gasteiger charge is 2.32. The summed E-state index contributed by atoms with van der Waals surface area (Å²) in [4.78, 5) is 4.86. The van der Waals surface area contributed by atoms with Crippen LogP contribution in [0, 0.1) is 0 Å². The standard InChI is InChI=1S/C65H48N2O/c1-65(39-18-7-19-40-65)67(51-30-16-6-17-31-51)54-35-38-62-61(44-54)58-32-20-29-50-41-55(45-63(68-62)64(50)58)66(52-33-36-56(46-21-8-2-9-22-46)59(42-52)48-25-12-4-13-26-48)53-34-37-57(47-23-10-3-11-24-47)60(43-53)49-27-14-5-15-28-49/h2-39,41-45H,40H2,1H3. The summed E-state index contributed by atoms with van der Waals surface area (Å²) in [5.74, 6) is 1.67. The molecule has 1 aliphatic heterocycles. The molecule has 0 bridgehead atoms. The molecule has 0 saturated heterocycles. The van der Waals surface area contributed by atoms with Gasteiger partial charge in [0.25, 0.3) is 0 Å². The van der Waals surface area contributed by atoms with Gasteiger partial charge in [0.05, 0.1) is 11.2 Å². The third-order valence-electron chi connectivity index (χ3n) is 13.5. The van der Waals surface area contributed by atoms with Gasteiger partial charge in [-0.2, -0.15) is 0 Å². The molecule has 3 heteroatoms. The maximum atomic E-state index is 7.09. The summed E-state index contributed by atoms with van der Waals surface area (Å²) < 4.78 is 7.09. The first-order valence-electron chi connectivity index (χ1n) is 23.5. The normalized spacial score (nSPS) is 14.5. The number of hydrogen-bond acceptors (Lipinski definition) is 3. The highest BCUT2D eigenvalue weighted by Crippen LogP contribution is 2.52. The van der Waals surface area contributed by atoms with Gasteiger partial charge in [0.1, 0.15) is 11.5 Å². The third-order valence-corrected chi connectivity index (χ3v) is 13.5. The van der Waals surface area contributed by atoms with E-state index in [0.717, 1.165) is 90.5 Å². The van der Waals surface area contributed by atoms with Gasteiger partial charge in [0.2, 0.25) is 0 Å². The number of ether oxygens (including phenoxy) is 1. The quantitative estimate of drug-likeness (QED) is 0.136. The van der Waals surface area contributed by atoms with E-state index >= 15 is 0 Å². The maximum absolute atomic E-state index is 7.09. The van der Waals surface area contributed by atoms with Crippen molar-refractivity contribution in [3.8, 4) is 67.1 Å². The van der Waals surface area contributed by atoms with E-state index in [4.69, 9.17) is 4.74 Å². The Balaban J connectivity index is 1.05. The van der Waals surface area contributed by atoms with E-state index in [1.54, 1.807) is 0 Å². The largest absolute Gasteiger partial charge is 0.456 e. The molecule has 0 fully saturated rings. The minimum absolute atomic E-state index is 0.249. The van der Waals surface area contributed by atoms with Gasteiger partial charge in [-0.05, 0) is 129 Å². The fraction of sp³-hybridized carbons (Fsp3) is 0.0462. The number of hydrogen-bond donors (Lipinski definition) is 0. The maximum Gasteiger partial charge on any atom is 0.138 e. The van der Waals surface area contributed by atoms with Gasteiger partial charge in [-0.1, -0.05) is 194 Å². The second-order valence-electron chi connectivity index (χ2n) is 17.9. The van der Waals surface area contributed by atoms with Crippen LogP contribution in [0.5, 0.6) is 11.5 Å². The fourth-order valence-corrected chi connectivity index (χ4v) is 10.3. The first kappa shape index (κ1) is 40.8. The molecule has 1 aliphatic carbocycles. The zero-order valence-corrected chi connectivity index (χ0v) is 37.8. The predicted molar refractivity (Wildman–Crippen MR) is 286 cm³/mol. The predicted octanol–water partition coefficient (Wildman–Crippen LogP) is 18.2. The Bertz CT molecular complexity index is 3390. The smallest absolute Gasteiger partial charge is 0.138 e. The Morgan fingerprint density at radius 1 is 0.368 bits per heavy atom. The first-order valence-corrected chi connectivity index (χ1v) is 23.5. The van der Waals surface area contributed by atoms with Crippen LogP contribution < -0.4 is 14.5 Å². The van der Waals surface area contributed by atoms with Gasteiger partial charge in [0.15, 0.2) is 0 Å². The van der Waals surface area contributed by atoms with Crippen molar-refractivity contribution in [2.24, 2.45) is 0 Å². The van der Waals surface area contributed by atoms with Gasteiger partial charge in [-0.3, -0.25) is 0 Å². The van der Waals surface area contributed by atoms with Crippen LogP contribution in [0.25, 0.3) is 66.4 Å². The number of nitrogens with zero attached hydrogens (tertiary/aromatic N) is 2. The monoisotopic (exact) mass is 872 g/mol. The summed E-state index contributed by atoms with van der Waals surface area (Å²) in [6.45, 7) is 2.31. The lowest BCUT2D eigenvalue weighted by molar-refractivity contribution is 0.487. The summed E-state index contributed by atoms with van der Waals surface area (Å²) in [5, 5.41) is 2.21. The first-order chi connectivity index (χ1) is 33.6. The van der Waals surface area contributed by atoms with Crippen molar-refractivity contribution < 1.29 is 4.74 Å². The molecule has 2 aliphatic rings. The van der Waals surface area contributed by atoms with E-state index < -0.39 is 0 Å². The molecule has 3 nitrogen and oxygen atoms in total. The van der Waals surface area contributed by atoms with Crippen molar-refractivity contribution in [2.45, 2.75) is 18.9 Å². The van der Waals surface area contributed by atoms with E-state index in [1.807, 2.05) is 0 Å². The molecule has 0 saturated carbocycles. The third kappa shape index (κ3) is 7.45. The van der Waals surface area contributed by atoms with Crippen molar-refractivity contribution >= 4 is 39.2 Å². The summed E-state index contributed by atoms with van der Waals surface area (Å²) in [6.07, 6.45) is 9.78. The SMILES string of the molecule is CC1(N(c2ccccc2)c2ccc3c(c2)-c2cccc4cc(N(c5ccc(-c6ccccc6)c(-c6ccccc6)c5)c5ccc(-c6ccccc6)c(-c6ccccc6)c5)cc(c24)O3)C=CC=CC1. The van der Waals surface area contributed by atoms with E-state index in [9.17, 15) is 0 Å². The molecule has 0 spiro atoms. The molecule has 1 atom stereocenters. The molecule has 0 N–H and O–H groups in total. The number of fused-ring (bicyclic) bond motifs is 2. The number of para-hydroxylation sites is 1. The van der Waals surface area contributed by atoms with Crippen molar-refractivity contribution in [3.63, 3.8) is 0 Å². The second kappa shape index (κ2) is 17.3. The van der Waals surface area contributed by atoms with Crippen molar-refractivity contribution in [2.75, 3.05) is 9.80 Å². The topological polar surface area (TPSA) is 15.7 Å². The molecule has 1 unspecified atom stereocenters. The molecular formula is C65H48N2O. The molecule has 10 aromatic rings. The average Bonchev–Trinajstić information content (AvgIpc) is 3.40. The van der Waals surface area contributed by atoms with Crippen LogP contribution in [0.4, 0.5) is 28.4 Å². The van der Waals surface area contributed by atoms with Crippen LogP contribution in [0.3, 0.4) is 0 Å². The van der Waals surface area contributed by atoms with Crippen LogP contribution in [0.1, 0.15) is 13.3 Å². The van der Waals surface area contributed by atoms with Crippen molar-refractivity contribution in [1.82, 2.24) is 0 Å². The van der Waals surface area contributed by atoms with Gasteiger partial charge in [-0.15, -0.1) is 0 Å². The van der Waals surface area contributed by atoms with Crippen LogP contribution in [-0.4, -0.2) is 5.54 Å². The molecule has 68 heavy (non-hydrogen) atoms. The highest BCUT2D eigenvalue weighted by atomic mass is 16.5. The lowest BCUT2D eigenvalue weighted by Crippen LogP contribution is -2.42. The Morgan fingerprint density at radius 3 is 1.43 bits per heavy atom. The average molecular weight is 873 g/mol. The number of anilines is 5. The fourth-order valence-electron chi connectivity index (χ4n) is 10.3. The Labute approximate surface area is 398 Å². The Hall–Kier alpha value is -8.66. The highest BCUT2D eigenvalue weighted by molar-refractivity contribution is 6.07. The van der Waals surface area contributed by atoms with Gasteiger partial charge in [0, 0.05) is 39.8 Å². The number of benzene rings is 10. The minimum Gasteiger partial charge on any atom is -0.456 e. The Kier molecular flexibility index (Phi) is 10.4. The molecule has 0 radical (unpaired) electrons. The lowest BCUT2D eigenvalue weighted by atomic mass is 9.89. The molecule has 1 heterocycles. The lowest BCUT2D eigenvalue weighted by Gasteiger charge is -2.42.